The highest BCUT2D eigenvalue weighted by Gasteiger charge is 2.40. The van der Waals surface area contributed by atoms with Crippen molar-refractivity contribution in [3.63, 3.8) is 0 Å². The molecule has 2 heterocycles. The summed E-state index contributed by atoms with van der Waals surface area (Å²) < 4.78 is 0. The predicted molar refractivity (Wildman–Crippen MR) is 115 cm³/mol. The maximum atomic E-state index is 12.2. The van der Waals surface area contributed by atoms with Crippen LogP contribution in [0.15, 0.2) is 48.5 Å². The Morgan fingerprint density at radius 1 is 0.618 bits per heavy atom. The second-order valence-corrected chi connectivity index (χ2v) is 7.28. The van der Waals surface area contributed by atoms with Crippen LogP contribution in [0, 0.1) is 0 Å². The van der Waals surface area contributed by atoms with E-state index in [0.29, 0.717) is 10.0 Å². The fraction of sp³-hybridized carbons (Fsp3) is 0.136. The molecule has 0 radical (unpaired) electrons. The number of nitrogens with zero attached hydrogens (tertiary/aromatic N) is 3. The number of nitrogens with one attached hydrogen (secondary N) is 2. The quantitative estimate of drug-likeness (QED) is 0.457. The highest BCUT2D eigenvalue weighted by atomic mass is 16.2. The molecule has 4 rings (SSSR count). The molecule has 0 fully saturated rings. The fourth-order valence-corrected chi connectivity index (χ4v) is 2.89. The molecule has 0 unspecified atom stereocenters. The average Bonchev–Trinajstić information content (AvgIpc) is 3.20. The van der Waals surface area contributed by atoms with E-state index in [2.05, 4.69) is 0 Å². The van der Waals surface area contributed by atoms with E-state index in [1.165, 1.54) is 36.1 Å². The molecule has 7 amide bonds. The molecule has 2 aromatic rings. The zero-order valence-electron chi connectivity index (χ0n) is 18.3. The number of benzene rings is 2. The lowest BCUT2D eigenvalue weighted by Crippen LogP contribution is -2.55. The average molecular weight is 465 g/mol. The van der Waals surface area contributed by atoms with Gasteiger partial charge in [0.05, 0.1) is 22.3 Å². The summed E-state index contributed by atoms with van der Waals surface area (Å²) >= 11 is 0. The van der Waals surface area contributed by atoms with E-state index in [4.69, 9.17) is 0 Å². The van der Waals surface area contributed by atoms with Gasteiger partial charge in [-0.3, -0.25) is 33.6 Å². The van der Waals surface area contributed by atoms with Crippen molar-refractivity contribution in [3.8, 4) is 0 Å². The molecule has 34 heavy (non-hydrogen) atoms. The molecule has 2 aromatic carbocycles. The molecule has 12 nitrogen and oxygen atoms in total. The van der Waals surface area contributed by atoms with Crippen LogP contribution in [0.1, 0.15) is 48.4 Å². The molecule has 174 valence electrons. The summed E-state index contributed by atoms with van der Waals surface area (Å²) in [4.78, 5) is 84.6. The monoisotopic (exact) mass is 465 g/mol. The predicted octanol–water partition coefficient (Wildman–Crippen LogP) is -0.264. The van der Waals surface area contributed by atoms with Crippen LogP contribution in [0.3, 0.4) is 0 Å². The summed E-state index contributed by atoms with van der Waals surface area (Å²) in [6.07, 6.45) is 0. The van der Waals surface area contributed by atoms with Crippen LogP contribution in [0.25, 0.3) is 0 Å². The molecule has 0 spiro atoms. The van der Waals surface area contributed by atoms with Crippen molar-refractivity contribution in [1.29, 1.82) is 0 Å². The van der Waals surface area contributed by atoms with Crippen molar-refractivity contribution >= 4 is 41.4 Å². The number of imide groups is 2. The van der Waals surface area contributed by atoms with Crippen molar-refractivity contribution in [2.75, 3.05) is 14.1 Å². The lowest BCUT2D eigenvalue weighted by atomic mass is 10.1. The van der Waals surface area contributed by atoms with Crippen LogP contribution >= 0.6 is 0 Å². The maximum absolute atomic E-state index is 12.2. The Morgan fingerprint density at radius 2 is 0.853 bits per heavy atom. The first-order valence-electron chi connectivity index (χ1n) is 9.79. The summed E-state index contributed by atoms with van der Waals surface area (Å²) in [7, 11) is 3.45. The lowest BCUT2D eigenvalue weighted by molar-refractivity contribution is -0.142. The molecular weight excluding hydrogens is 446 g/mol. The number of fused-ring (bicyclic) bond motifs is 2. The molecule has 0 bridgehead atoms. The molecular formula is C22H19N5O7. The van der Waals surface area contributed by atoms with Gasteiger partial charge in [-0.05, 0) is 24.3 Å². The minimum Gasteiger partial charge on any atom is -0.349 e. The van der Waals surface area contributed by atoms with Gasteiger partial charge in [0.2, 0.25) is 5.91 Å². The number of amides is 7. The van der Waals surface area contributed by atoms with Crippen molar-refractivity contribution in [2.24, 2.45) is 0 Å². The Morgan fingerprint density at radius 3 is 1.06 bits per heavy atom. The van der Waals surface area contributed by atoms with E-state index in [1.807, 2.05) is 10.9 Å². The van der Waals surface area contributed by atoms with Crippen LogP contribution < -0.4 is 10.9 Å². The SMILES string of the molecule is CC(=O)N(C)C.O=C(NN1C(=O)c2ccccc2C1=O)C(=O)NN1C(=O)c2ccccc2C1=O. The maximum Gasteiger partial charge on any atom is 0.330 e. The van der Waals surface area contributed by atoms with Crippen LogP contribution in [0.4, 0.5) is 0 Å². The number of carbonyl (C=O) groups excluding carboxylic acids is 7. The van der Waals surface area contributed by atoms with Gasteiger partial charge in [-0.15, -0.1) is 0 Å². The van der Waals surface area contributed by atoms with Gasteiger partial charge >= 0.3 is 11.8 Å². The minimum absolute atomic E-state index is 0.0774. The first kappa shape index (κ1) is 23.8. The number of hydrazine groups is 2. The first-order chi connectivity index (χ1) is 16.0. The Kier molecular flexibility index (Phi) is 6.52. The van der Waals surface area contributed by atoms with Gasteiger partial charge in [-0.1, -0.05) is 24.3 Å². The van der Waals surface area contributed by atoms with Crippen LogP contribution in [0.5, 0.6) is 0 Å². The van der Waals surface area contributed by atoms with E-state index in [9.17, 15) is 33.6 Å². The smallest absolute Gasteiger partial charge is 0.330 e. The summed E-state index contributed by atoms with van der Waals surface area (Å²) in [5.41, 5.74) is 4.08. The van der Waals surface area contributed by atoms with Crippen molar-refractivity contribution < 1.29 is 33.6 Å². The van der Waals surface area contributed by atoms with Gasteiger partial charge in [0, 0.05) is 21.0 Å². The van der Waals surface area contributed by atoms with Crippen LogP contribution in [-0.4, -0.2) is 70.4 Å². The fourth-order valence-electron chi connectivity index (χ4n) is 2.89. The van der Waals surface area contributed by atoms with Crippen LogP contribution in [-0.2, 0) is 14.4 Å². The second-order valence-electron chi connectivity index (χ2n) is 7.28. The highest BCUT2D eigenvalue weighted by molar-refractivity contribution is 6.37. The van der Waals surface area contributed by atoms with Crippen molar-refractivity contribution in [2.45, 2.75) is 6.92 Å². The van der Waals surface area contributed by atoms with Gasteiger partial charge in [0.25, 0.3) is 23.6 Å². The van der Waals surface area contributed by atoms with E-state index in [1.54, 1.807) is 38.4 Å². The zero-order chi connectivity index (χ0) is 25.2. The summed E-state index contributed by atoms with van der Waals surface area (Å²) in [5.74, 6) is -5.91. The second kappa shape index (κ2) is 9.32. The molecule has 0 saturated heterocycles. The minimum atomic E-state index is -1.40. The number of rotatable bonds is 2. The van der Waals surface area contributed by atoms with Gasteiger partial charge in [-0.25, -0.2) is 10.9 Å². The third kappa shape index (κ3) is 4.37. The zero-order valence-corrected chi connectivity index (χ0v) is 18.3. The van der Waals surface area contributed by atoms with E-state index >= 15 is 0 Å². The van der Waals surface area contributed by atoms with E-state index in [-0.39, 0.29) is 28.2 Å². The molecule has 12 heteroatoms. The topological polar surface area (TPSA) is 153 Å². The number of hydrogen-bond acceptors (Lipinski definition) is 7. The molecule has 0 saturated carbocycles. The van der Waals surface area contributed by atoms with Gasteiger partial charge < -0.3 is 4.90 Å². The Balaban J connectivity index is 0.000000481. The van der Waals surface area contributed by atoms with Crippen LogP contribution in [0.2, 0.25) is 0 Å². The summed E-state index contributed by atoms with van der Waals surface area (Å²) in [6, 6.07) is 11.8. The Labute approximate surface area is 193 Å². The number of carbonyl (C=O) groups is 7. The van der Waals surface area contributed by atoms with Crippen molar-refractivity contribution in [3.05, 3.63) is 70.8 Å². The van der Waals surface area contributed by atoms with Gasteiger partial charge in [-0.2, -0.15) is 10.0 Å². The largest absolute Gasteiger partial charge is 0.349 e. The van der Waals surface area contributed by atoms with Crippen molar-refractivity contribution in [1.82, 2.24) is 25.8 Å². The Bertz CT molecular complexity index is 1100. The summed E-state index contributed by atoms with van der Waals surface area (Å²) in [5, 5.41) is 0.796. The van der Waals surface area contributed by atoms with E-state index in [0.717, 1.165) is 0 Å². The lowest BCUT2D eigenvalue weighted by Gasteiger charge is -2.17. The molecule has 2 aliphatic heterocycles. The standard InChI is InChI=1S/C18H10N4O6.C4H9NO/c23-13(19-21-15(25)9-5-1-2-6-10(9)16(21)26)14(24)20-22-17(27)11-7-3-4-8-12(11)18(22)28;1-4(6)5(2)3/h1-8H,(H,19,23)(H,20,24);1-3H3. The Hall–Kier alpha value is -4.87. The third-order valence-corrected chi connectivity index (χ3v) is 4.85. The summed E-state index contributed by atoms with van der Waals surface area (Å²) in [6.45, 7) is 1.53. The van der Waals surface area contributed by atoms with Gasteiger partial charge in [0.1, 0.15) is 0 Å². The highest BCUT2D eigenvalue weighted by Crippen LogP contribution is 2.21. The normalized spacial score (nSPS) is 13.6. The third-order valence-electron chi connectivity index (χ3n) is 4.85. The molecule has 0 aliphatic carbocycles. The molecule has 0 atom stereocenters. The van der Waals surface area contributed by atoms with Gasteiger partial charge in [0.15, 0.2) is 0 Å². The van der Waals surface area contributed by atoms with E-state index < -0.39 is 35.4 Å². The molecule has 2 aliphatic rings. The molecule has 0 aromatic heterocycles. The first-order valence-corrected chi connectivity index (χ1v) is 9.79. The number of hydrogen-bond donors (Lipinski definition) is 2. The molecule has 2 N–H and O–H groups in total.